The summed E-state index contributed by atoms with van der Waals surface area (Å²) in [7, 11) is 3.09. The van der Waals surface area contributed by atoms with Crippen LogP contribution in [0.2, 0.25) is 0 Å². The number of hydrogen-bond donors (Lipinski definition) is 2. The smallest absolute Gasteiger partial charge is 0.274 e. The van der Waals surface area contributed by atoms with Crippen molar-refractivity contribution in [3.63, 3.8) is 0 Å². The summed E-state index contributed by atoms with van der Waals surface area (Å²) in [4.78, 5) is 21.0. The first kappa shape index (κ1) is 18.2. The van der Waals surface area contributed by atoms with E-state index in [9.17, 15) is 4.79 Å². The maximum atomic E-state index is 12.6. The van der Waals surface area contributed by atoms with Crippen molar-refractivity contribution in [1.29, 1.82) is 0 Å². The fraction of sp³-hybridized carbons (Fsp3) is 0.150. The zero-order valence-corrected chi connectivity index (χ0v) is 15.1. The van der Waals surface area contributed by atoms with E-state index >= 15 is 0 Å². The minimum absolute atomic E-state index is 0.241. The number of nitrogens with zero attached hydrogens (tertiary/aromatic N) is 2. The molecule has 0 bridgehead atoms. The van der Waals surface area contributed by atoms with E-state index < -0.39 is 0 Å². The highest BCUT2D eigenvalue weighted by Gasteiger charge is 2.13. The Morgan fingerprint density at radius 3 is 2.59 bits per heavy atom. The Bertz CT molecular complexity index is 916. The maximum absolute atomic E-state index is 12.6. The second-order valence-electron chi connectivity index (χ2n) is 5.62. The van der Waals surface area contributed by atoms with Gasteiger partial charge in [-0.3, -0.25) is 4.79 Å². The highest BCUT2D eigenvalue weighted by atomic mass is 16.5. The summed E-state index contributed by atoms with van der Waals surface area (Å²) >= 11 is 0. The Labute approximate surface area is 157 Å². The third kappa shape index (κ3) is 4.72. The minimum Gasteiger partial charge on any atom is -0.497 e. The van der Waals surface area contributed by atoms with Crippen LogP contribution in [0, 0.1) is 0 Å². The van der Waals surface area contributed by atoms with Gasteiger partial charge in [-0.15, -0.1) is 0 Å². The molecule has 0 fully saturated rings. The molecule has 2 aromatic carbocycles. The van der Waals surface area contributed by atoms with Gasteiger partial charge in [-0.25, -0.2) is 9.97 Å². The van der Waals surface area contributed by atoms with Gasteiger partial charge in [-0.05, 0) is 23.8 Å². The standard InChI is InChI=1S/C20H20N4O3/c1-26-15-8-9-18(27-2)17(12-15)23-19(25)16-10-11-21-20(24-16)22-13-14-6-4-3-5-7-14/h3-12H,13H2,1-2H3,(H,23,25)(H,21,22,24). The number of methoxy groups -OCH3 is 2. The van der Waals surface area contributed by atoms with Crippen molar-refractivity contribution >= 4 is 17.5 Å². The van der Waals surface area contributed by atoms with Crippen molar-refractivity contribution in [2.45, 2.75) is 6.54 Å². The number of rotatable bonds is 7. The van der Waals surface area contributed by atoms with Crippen LogP contribution in [-0.2, 0) is 6.54 Å². The van der Waals surface area contributed by atoms with Crippen LogP contribution >= 0.6 is 0 Å². The summed E-state index contributed by atoms with van der Waals surface area (Å²) in [6.07, 6.45) is 1.54. The third-order valence-corrected chi connectivity index (χ3v) is 3.84. The van der Waals surface area contributed by atoms with Crippen molar-refractivity contribution in [2.24, 2.45) is 0 Å². The molecule has 2 N–H and O–H groups in total. The number of anilines is 2. The minimum atomic E-state index is -0.369. The molecule has 0 aliphatic heterocycles. The third-order valence-electron chi connectivity index (χ3n) is 3.84. The number of aromatic nitrogens is 2. The van der Waals surface area contributed by atoms with Gasteiger partial charge in [0.1, 0.15) is 17.2 Å². The predicted molar refractivity (Wildman–Crippen MR) is 103 cm³/mol. The Hall–Kier alpha value is -3.61. The molecule has 1 amide bonds. The molecule has 0 aliphatic rings. The van der Waals surface area contributed by atoms with Gasteiger partial charge in [-0.2, -0.15) is 0 Å². The molecule has 0 atom stereocenters. The van der Waals surface area contributed by atoms with Crippen molar-refractivity contribution in [3.8, 4) is 11.5 Å². The van der Waals surface area contributed by atoms with Crippen LogP contribution in [0.4, 0.5) is 11.6 Å². The number of ether oxygens (including phenoxy) is 2. The molecule has 0 unspecified atom stereocenters. The summed E-state index contributed by atoms with van der Waals surface area (Å²) < 4.78 is 10.5. The largest absolute Gasteiger partial charge is 0.497 e. The van der Waals surface area contributed by atoms with E-state index in [4.69, 9.17) is 9.47 Å². The monoisotopic (exact) mass is 364 g/mol. The molecular formula is C20H20N4O3. The maximum Gasteiger partial charge on any atom is 0.274 e. The Kier molecular flexibility index (Phi) is 5.84. The van der Waals surface area contributed by atoms with E-state index in [0.717, 1.165) is 5.56 Å². The van der Waals surface area contributed by atoms with Crippen LogP contribution < -0.4 is 20.1 Å². The molecule has 3 rings (SSSR count). The fourth-order valence-electron chi connectivity index (χ4n) is 2.45. The zero-order chi connectivity index (χ0) is 19.1. The first-order valence-electron chi connectivity index (χ1n) is 8.34. The van der Waals surface area contributed by atoms with Crippen molar-refractivity contribution < 1.29 is 14.3 Å². The lowest BCUT2D eigenvalue weighted by Gasteiger charge is -2.12. The molecule has 7 nitrogen and oxygen atoms in total. The number of benzene rings is 2. The second kappa shape index (κ2) is 8.66. The highest BCUT2D eigenvalue weighted by Crippen LogP contribution is 2.29. The Morgan fingerprint density at radius 2 is 1.85 bits per heavy atom. The van der Waals surface area contributed by atoms with Gasteiger partial charge in [0.2, 0.25) is 5.95 Å². The normalized spacial score (nSPS) is 10.1. The molecule has 0 saturated carbocycles. The zero-order valence-electron chi connectivity index (χ0n) is 15.1. The van der Waals surface area contributed by atoms with Gasteiger partial charge in [0, 0.05) is 18.8 Å². The number of carbonyl (C=O) groups is 1. The van der Waals surface area contributed by atoms with E-state index in [0.29, 0.717) is 29.7 Å². The van der Waals surface area contributed by atoms with E-state index in [-0.39, 0.29) is 11.6 Å². The molecule has 0 aliphatic carbocycles. The molecule has 7 heteroatoms. The quantitative estimate of drug-likeness (QED) is 0.669. The summed E-state index contributed by atoms with van der Waals surface area (Å²) in [6.45, 7) is 0.565. The second-order valence-corrected chi connectivity index (χ2v) is 5.62. The molecule has 0 saturated heterocycles. The van der Waals surface area contributed by atoms with Crippen LogP contribution in [0.5, 0.6) is 11.5 Å². The van der Waals surface area contributed by atoms with Crippen molar-refractivity contribution in [2.75, 3.05) is 24.9 Å². The van der Waals surface area contributed by atoms with Crippen LogP contribution in [0.15, 0.2) is 60.8 Å². The van der Waals surface area contributed by atoms with Crippen LogP contribution in [0.1, 0.15) is 16.1 Å². The van der Waals surface area contributed by atoms with E-state index in [2.05, 4.69) is 20.6 Å². The summed E-state index contributed by atoms with van der Waals surface area (Å²) in [5.41, 5.74) is 1.83. The molecular weight excluding hydrogens is 344 g/mol. The first-order chi connectivity index (χ1) is 13.2. The van der Waals surface area contributed by atoms with Gasteiger partial charge >= 0.3 is 0 Å². The van der Waals surface area contributed by atoms with Crippen LogP contribution in [-0.4, -0.2) is 30.1 Å². The molecule has 138 valence electrons. The molecule has 3 aromatic rings. The molecule has 27 heavy (non-hydrogen) atoms. The fourth-order valence-corrected chi connectivity index (χ4v) is 2.45. The number of hydrogen-bond acceptors (Lipinski definition) is 6. The Balaban J connectivity index is 1.72. The highest BCUT2D eigenvalue weighted by molar-refractivity contribution is 6.03. The van der Waals surface area contributed by atoms with E-state index in [1.807, 2.05) is 30.3 Å². The molecule has 0 spiro atoms. The molecule has 1 aromatic heterocycles. The average molecular weight is 364 g/mol. The van der Waals surface area contributed by atoms with Gasteiger partial charge in [0.05, 0.1) is 19.9 Å². The summed E-state index contributed by atoms with van der Waals surface area (Å²) in [6, 6.07) is 16.6. The topological polar surface area (TPSA) is 85.4 Å². The summed E-state index contributed by atoms with van der Waals surface area (Å²) in [5.74, 6) is 1.15. The SMILES string of the molecule is COc1ccc(OC)c(NC(=O)c2ccnc(NCc3ccccc3)n2)c1. The Morgan fingerprint density at radius 1 is 1.04 bits per heavy atom. The van der Waals surface area contributed by atoms with Crippen molar-refractivity contribution in [1.82, 2.24) is 9.97 Å². The van der Waals surface area contributed by atoms with Gasteiger partial charge in [-0.1, -0.05) is 30.3 Å². The van der Waals surface area contributed by atoms with Crippen LogP contribution in [0.3, 0.4) is 0 Å². The van der Waals surface area contributed by atoms with Crippen LogP contribution in [0.25, 0.3) is 0 Å². The van der Waals surface area contributed by atoms with Gasteiger partial charge in [0.15, 0.2) is 0 Å². The molecule has 1 heterocycles. The predicted octanol–water partition coefficient (Wildman–Crippen LogP) is 3.36. The lowest BCUT2D eigenvalue weighted by Crippen LogP contribution is -2.16. The number of carbonyl (C=O) groups excluding carboxylic acids is 1. The van der Waals surface area contributed by atoms with Gasteiger partial charge in [0.25, 0.3) is 5.91 Å². The summed E-state index contributed by atoms with van der Waals surface area (Å²) in [5, 5.41) is 5.91. The lowest BCUT2D eigenvalue weighted by molar-refractivity contribution is 0.102. The average Bonchev–Trinajstić information content (AvgIpc) is 2.73. The van der Waals surface area contributed by atoms with E-state index in [1.165, 1.54) is 13.3 Å². The number of amides is 1. The molecule has 0 radical (unpaired) electrons. The lowest BCUT2D eigenvalue weighted by atomic mass is 10.2. The number of nitrogens with one attached hydrogen (secondary N) is 2. The van der Waals surface area contributed by atoms with Crippen molar-refractivity contribution in [3.05, 3.63) is 72.1 Å². The van der Waals surface area contributed by atoms with Gasteiger partial charge < -0.3 is 20.1 Å². The van der Waals surface area contributed by atoms with E-state index in [1.54, 1.807) is 31.4 Å². The first-order valence-corrected chi connectivity index (χ1v) is 8.34.